The summed E-state index contributed by atoms with van der Waals surface area (Å²) in [7, 11) is 0. The lowest BCUT2D eigenvalue weighted by atomic mass is 9.87. The van der Waals surface area contributed by atoms with E-state index in [2.05, 4.69) is 0 Å². The number of hydrogen-bond acceptors (Lipinski definition) is 9. The number of rotatable bonds is 6. The lowest BCUT2D eigenvalue weighted by Gasteiger charge is -2.40. The Labute approximate surface area is 121 Å². The van der Waals surface area contributed by atoms with Crippen molar-refractivity contribution >= 4 is 5.97 Å². The molecule has 0 bridgehead atoms. The van der Waals surface area contributed by atoms with E-state index in [1.807, 2.05) is 0 Å². The average Bonchev–Trinajstić information content (AvgIpc) is 2.50. The first-order chi connectivity index (χ1) is 9.86. The Morgan fingerprint density at radius 2 is 1.67 bits per heavy atom. The molecule has 0 amide bonds. The molecule has 9 heteroatoms. The van der Waals surface area contributed by atoms with Gasteiger partial charge in [0.05, 0.1) is 19.8 Å². The summed E-state index contributed by atoms with van der Waals surface area (Å²) in [6.07, 6.45) is -7.72. The van der Waals surface area contributed by atoms with E-state index in [9.17, 15) is 30.3 Å². The highest BCUT2D eigenvalue weighted by atomic mass is 16.7. The molecule has 5 atom stereocenters. The highest BCUT2D eigenvalue weighted by molar-refractivity contribution is 5.77. The normalized spacial score (nSPS) is 33.8. The number of carbonyl (C=O) groups is 1. The molecule has 0 spiro atoms. The van der Waals surface area contributed by atoms with Crippen LogP contribution in [0.15, 0.2) is 0 Å². The fraction of sp³-hybridized carbons (Fsp3) is 0.917. The van der Waals surface area contributed by atoms with Gasteiger partial charge in [0.2, 0.25) is 6.29 Å². The summed E-state index contributed by atoms with van der Waals surface area (Å²) in [6.45, 7) is -0.439. The fourth-order valence-electron chi connectivity index (χ4n) is 1.94. The summed E-state index contributed by atoms with van der Waals surface area (Å²) in [4.78, 5) is 12.0. The second-order valence-electron chi connectivity index (χ2n) is 5.05. The molecule has 1 unspecified atom stereocenters. The van der Waals surface area contributed by atoms with Gasteiger partial charge in [-0.05, 0) is 6.42 Å². The van der Waals surface area contributed by atoms with Crippen LogP contribution in [-0.4, -0.2) is 87.1 Å². The second kappa shape index (κ2) is 7.45. The van der Waals surface area contributed by atoms with E-state index in [4.69, 9.17) is 14.6 Å². The SMILES string of the molecule is CCC(CO)(CO)C(=O)OC1O[C@H](CO)[C@@H](O)[C@H](O)[C@H]1O. The molecule has 0 aliphatic carbocycles. The molecule has 0 aromatic heterocycles. The molecule has 124 valence electrons. The number of aliphatic hydroxyl groups is 6. The zero-order valence-electron chi connectivity index (χ0n) is 11.6. The van der Waals surface area contributed by atoms with Crippen LogP contribution in [0.5, 0.6) is 0 Å². The maximum Gasteiger partial charge on any atom is 0.319 e. The van der Waals surface area contributed by atoms with E-state index in [1.165, 1.54) is 0 Å². The van der Waals surface area contributed by atoms with Gasteiger partial charge in [-0.2, -0.15) is 0 Å². The van der Waals surface area contributed by atoms with Crippen molar-refractivity contribution in [1.82, 2.24) is 0 Å². The first-order valence-corrected chi connectivity index (χ1v) is 6.60. The molecule has 1 fully saturated rings. The van der Waals surface area contributed by atoms with Crippen LogP contribution in [0.3, 0.4) is 0 Å². The van der Waals surface area contributed by atoms with Crippen LogP contribution in [0.2, 0.25) is 0 Å². The smallest absolute Gasteiger partial charge is 0.319 e. The Morgan fingerprint density at radius 3 is 2.10 bits per heavy atom. The lowest BCUT2D eigenvalue weighted by Crippen LogP contribution is -2.60. The molecular formula is C12H22O9. The number of esters is 1. The molecule has 0 radical (unpaired) electrons. The van der Waals surface area contributed by atoms with Crippen molar-refractivity contribution in [2.45, 2.75) is 44.1 Å². The Balaban J connectivity index is 2.83. The summed E-state index contributed by atoms with van der Waals surface area (Å²) in [5.74, 6) is -1.01. The first kappa shape index (κ1) is 18.2. The number of carbonyl (C=O) groups excluding carboxylic acids is 1. The molecule has 1 saturated heterocycles. The minimum atomic E-state index is -1.72. The van der Waals surface area contributed by atoms with Crippen LogP contribution in [-0.2, 0) is 14.3 Å². The van der Waals surface area contributed by atoms with Gasteiger partial charge in [-0.1, -0.05) is 6.92 Å². The van der Waals surface area contributed by atoms with Crippen molar-refractivity contribution in [2.24, 2.45) is 5.41 Å². The van der Waals surface area contributed by atoms with Crippen molar-refractivity contribution < 1.29 is 44.9 Å². The van der Waals surface area contributed by atoms with Crippen molar-refractivity contribution in [1.29, 1.82) is 0 Å². The van der Waals surface area contributed by atoms with Gasteiger partial charge in [-0.25, -0.2) is 0 Å². The summed E-state index contributed by atoms with van der Waals surface area (Å²) in [6, 6.07) is 0. The van der Waals surface area contributed by atoms with Gasteiger partial charge in [0.1, 0.15) is 29.8 Å². The Kier molecular flexibility index (Phi) is 6.47. The van der Waals surface area contributed by atoms with Crippen LogP contribution in [0, 0.1) is 5.41 Å². The van der Waals surface area contributed by atoms with Crippen molar-refractivity contribution in [3.8, 4) is 0 Å². The maximum atomic E-state index is 12.0. The molecule has 0 saturated carbocycles. The van der Waals surface area contributed by atoms with E-state index in [1.54, 1.807) is 6.92 Å². The van der Waals surface area contributed by atoms with Crippen molar-refractivity contribution in [3.05, 3.63) is 0 Å². The minimum absolute atomic E-state index is 0.0796. The standard InChI is InChI=1S/C12H22O9/c1-2-12(4-14,5-15)11(19)21-10-9(18)8(17)7(16)6(3-13)20-10/h6-10,13-18H,2-5H2,1H3/t6-,7-,8+,9-,10?/m1/s1. The molecule has 0 aromatic rings. The molecular weight excluding hydrogens is 288 g/mol. The number of hydrogen-bond donors (Lipinski definition) is 6. The van der Waals surface area contributed by atoms with Gasteiger partial charge in [-0.15, -0.1) is 0 Å². The van der Waals surface area contributed by atoms with Gasteiger partial charge >= 0.3 is 5.97 Å². The van der Waals surface area contributed by atoms with Gasteiger partial charge < -0.3 is 40.1 Å². The fourth-order valence-corrected chi connectivity index (χ4v) is 1.94. The maximum absolute atomic E-state index is 12.0. The van der Waals surface area contributed by atoms with Crippen LogP contribution in [0.4, 0.5) is 0 Å². The molecule has 1 aliphatic heterocycles. The van der Waals surface area contributed by atoms with E-state index in [-0.39, 0.29) is 6.42 Å². The predicted molar refractivity (Wildman–Crippen MR) is 66.8 cm³/mol. The van der Waals surface area contributed by atoms with Gasteiger partial charge in [-0.3, -0.25) is 4.79 Å². The molecule has 6 N–H and O–H groups in total. The number of aliphatic hydroxyl groups excluding tert-OH is 6. The van der Waals surface area contributed by atoms with Gasteiger partial charge in [0, 0.05) is 0 Å². The Bertz CT molecular complexity index is 333. The third-order valence-electron chi connectivity index (χ3n) is 3.79. The highest BCUT2D eigenvalue weighted by Gasteiger charge is 2.47. The van der Waals surface area contributed by atoms with Crippen molar-refractivity contribution in [2.75, 3.05) is 19.8 Å². The molecule has 1 rings (SSSR count). The summed E-state index contributed by atoms with van der Waals surface area (Å²) in [5, 5.41) is 56.4. The van der Waals surface area contributed by atoms with E-state index >= 15 is 0 Å². The molecule has 0 aromatic carbocycles. The second-order valence-corrected chi connectivity index (χ2v) is 5.05. The Hall–Kier alpha value is -0.810. The average molecular weight is 310 g/mol. The molecule has 21 heavy (non-hydrogen) atoms. The largest absolute Gasteiger partial charge is 0.432 e. The monoisotopic (exact) mass is 310 g/mol. The molecule has 1 heterocycles. The molecule has 1 aliphatic rings. The number of ether oxygens (including phenoxy) is 2. The van der Waals surface area contributed by atoms with E-state index < -0.39 is 61.9 Å². The quantitative estimate of drug-likeness (QED) is 0.277. The summed E-state index contributed by atoms with van der Waals surface area (Å²) < 4.78 is 9.89. The van der Waals surface area contributed by atoms with E-state index in [0.717, 1.165) is 0 Å². The molecule has 9 nitrogen and oxygen atoms in total. The highest BCUT2D eigenvalue weighted by Crippen LogP contribution is 2.27. The van der Waals surface area contributed by atoms with Crippen LogP contribution >= 0.6 is 0 Å². The lowest BCUT2D eigenvalue weighted by molar-refractivity contribution is -0.296. The minimum Gasteiger partial charge on any atom is -0.432 e. The van der Waals surface area contributed by atoms with Gasteiger partial charge in [0.25, 0.3) is 0 Å². The first-order valence-electron chi connectivity index (χ1n) is 6.60. The zero-order chi connectivity index (χ0) is 16.2. The topological polar surface area (TPSA) is 157 Å². The third kappa shape index (κ3) is 3.51. The van der Waals surface area contributed by atoms with E-state index in [0.29, 0.717) is 0 Å². The van der Waals surface area contributed by atoms with Gasteiger partial charge in [0.15, 0.2) is 0 Å². The summed E-state index contributed by atoms with van der Waals surface area (Å²) in [5.41, 5.74) is -1.56. The van der Waals surface area contributed by atoms with Crippen LogP contribution in [0.25, 0.3) is 0 Å². The summed E-state index contributed by atoms with van der Waals surface area (Å²) >= 11 is 0. The predicted octanol–water partition coefficient (Wildman–Crippen LogP) is -3.29. The van der Waals surface area contributed by atoms with Crippen LogP contribution < -0.4 is 0 Å². The van der Waals surface area contributed by atoms with Crippen molar-refractivity contribution in [3.63, 3.8) is 0 Å². The Morgan fingerprint density at radius 1 is 1.10 bits per heavy atom. The third-order valence-corrected chi connectivity index (χ3v) is 3.79. The zero-order valence-corrected chi connectivity index (χ0v) is 11.6. The van der Waals surface area contributed by atoms with Crippen LogP contribution in [0.1, 0.15) is 13.3 Å².